The fourth-order valence-corrected chi connectivity index (χ4v) is 9.11. The van der Waals surface area contributed by atoms with E-state index in [0.29, 0.717) is 12.5 Å². The Morgan fingerprint density at radius 2 is 1.50 bits per heavy atom. The minimum Gasteiger partial charge on any atom is -0.543 e. The Labute approximate surface area is 264 Å². The van der Waals surface area contributed by atoms with Crippen molar-refractivity contribution in [3.63, 3.8) is 0 Å². The lowest BCUT2D eigenvalue weighted by atomic mass is 9.81. The first kappa shape index (κ1) is 33.6. The molecule has 1 aromatic heterocycles. The molecule has 0 spiro atoms. The van der Waals surface area contributed by atoms with Crippen LogP contribution in [0, 0.1) is 0 Å². The SMILES string of the molecule is CC(C)(C)[Si](C)(C)Oc1ccc(C2CCC(N3OCC=C3c3ccc(S(=O)(=O)Cl)s3)CC2)c(O[Si](C)(C)C(C)(C)C)c1. The summed E-state index contributed by atoms with van der Waals surface area (Å²) in [5, 5.41) is 2.19. The summed E-state index contributed by atoms with van der Waals surface area (Å²) >= 11 is 1.19. The van der Waals surface area contributed by atoms with Crippen LogP contribution in [0.25, 0.3) is 5.70 Å². The molecule has 0 saturated heterocycles. The van der Waals surface area contributed by atoms with E-state index in [1.165, 1.54) is 16.9 Å². The van der Waals surface area contributed by atoms with E-state index in [1.54, 1.807) is 6.07 Å². The standard InChI is InChI=1S/C31H48ClNO5S2Si2/c1-30(2,3)41(7,8)37-24-15-16-25(27(21-24)38-42(9,10)31(4,5)6)22-11-13-23(14-12-22)33-26(19-20-36-33)28-17-18-29(39-28)40(32,34)35/h15-19,21-23H,11-14,20H2,1-10H3. The monoisotopic (exact) mass is 669 g/mol. The number of nitrogens with zero attached hydrogens (tertiary/aromatic N) is 1. The number of hydrogen-bond acceptors (Lipinski definition) is 7. The van der Waals surface area contributed by atoms with E-state index in [-0.39, 0.29) is 20.3 Å². The quantitative estimate of drug-likeness (QED) is 0.206. The lowest BCUT2D eigenvalue weighted by molar-refractivity contribution is -0.119. The number of hydrogen-bond donors (Lipinski definition) is 0. The van der Waals surface area contributed by atoms with Crippen molar-refractivity contribution in [2.75, 3.05) is 6.61 Å². The van der Waals surface area contributed by atoms with Gasteiger partial charge in [0.25, 0.3) is 9.05 Å². The van der Waals surface area contributed by atoms with Gasteiger partial charge in [0.15, 0.2) is 0 Å². The second kappa shape index (κ2) is 11.9. The van der Waals surface area contributed by atoms with Crippen LogP contribution in [-0.4, -0.2) is 42.8 Å². The predicted octanol–water partition coefficient (Wildman–Crippen LogP) is 9.76. The second-order valence-electron chi connectivity index (χ2n) is 14.7. The van der Waals surface area contributed by atoms with Gasteiger partial charge < -0.3 is 8.85 Å². The van der Waals surface area contributed by atoms with E-state index in [1.807, 2.05) is 17.2 Å². The molecule has 4 rings (SSSR count). The zero-order chi connectivity index (χ0) is 31.3. The molecule has 1 aliphatic heterocycles. The van der Waals surface area contributed by atoms with E-state index in [2.05, 4.69) is 85.9 Å². The zero-order valence-corrected chi connectivity index (χ0v) is 31.2. The Balaban J connectivity index is 1.55. The second-order valence-corrected chi connectivity index (χ2v) is 28.0. The minimum absolute atomic E-state index is 0.0818. The third-order valence-electron chi connectivity index (χ3n) is 9.61. The van der Waals surface area contributed by atoms with Gasteiger partial charge in [-0.1, -0.05) is 47.6 Å². The third kappa shape index (κ3) is 7.31. The molecule has 1 saturated carbocycles. The van der Waals surface area contributed by atoms with E-state index in [4.69, 9.17) is 24.4 Å². The van der Waals surface area contributed by atoms with Crippen molar-refractivity contribution >= 4 is 53.4 Å². The number of benzene rings is 1. The summed E-state index contributed by atoms with van der Waals surface area (Å²) < 4.78 is 37.5. The molecule has 1 fully saturated rings. The van der Waals surface area contributed by atoms with E-state index < -0.39 is 25.7 Å². The van der Waals surface area contributed by atoms with Gasteiger partial charge in [-0.05, 0) is 97.7 Å². The summed E-state index contributed by atoms with van der Waals surface area (Å²) in [4.78, 5) is 6.90. The molecule has 6 nitrogen and oxygen atoms in total. The first-order valence-electron chi connectivity index (χ1n) is 14.9. The summed E-state index contributed by atoms with van der Waals surface area (Å²) in [6, 6.07) is 10.2. The van der Waals surface area contributed by atoms with Crippen LogP contribution in [0.1, 0.15) is 83.6 Å². The van der Waals surface area contributed by atoms with E-state index in [0.717, 1.165) is 47.8 Å². The van der Waals surface area contributed by atoms with Crippen molar-refractivity contribution in [2.24, 2.45) is 0 Å². The van der Waals surface area contributed by atoms with Crippen LogP contribution in [0.5, 0.6) is 11.5 Å². The van der Waals surface area contributed by atoms with Crippen LogP contribution in [0.2, 0.25) is 36.3 Å². The molecule has 42 heavy (non-hydrogen) atoms. The van der Waals surface area contributed by atoms with Crippen LogP contribution in [0.3, 0.4) is 0 Å². The van der Waals surface area contributed by atoms with Crippen molar-refractivity contribution in [2.45, 2.75) is 120 Å². The topological polar surface area (TPSA) is 65.1 Å². The van der Waals surface area contributed by atoms with Gasteiger partial charge in [-0.15, -0.1) is 11.3 Å². The van der Waals surface area contributed by atoms with Gasteiger partial charge in [0.1, 0.15) is 15.7 Å². The highest BCUT2D eigenvalue weighted by Crippen LogP contribution is 2.46. The molecule has 0 atom stereocenters. The molecule has 0 radical (unpaired) electrons. The van der Waals surface area contributed by atoms with Crippen molar-refractivity contribution in [1.82, 2.24) is 5.06 Å². The van der Waals surface area contributed by atoms with Gasteiger partial charge in [0.2, 0.25) is 16.6 Å². The largest absolute Gasteiger partial charge is 0.543 e. The summed E-state index contributed by atoms with van der Waals surface area (Å²) in [5.74, 6) is 2.27. The van der Waals surface area contributed by atoms with Gasteiger partial charge in [-0.3, -0.25) is 4.84 Å². The lowest BCUT2D eigenvalue weighted by Crippen LogP contribution is -2.44. The van der Waals surface area contributed by atoms with E-state index in [9.17, 15) is 8.42 Å². The minimum atomic E-state index is -3.75. The molecule has 1 aromatic carbocycles. The van der Waals surface area contributed by atoms with Crippen LogP contribution < -0.4 is 8.85 Å². The Morgan fingerprint density at radius 1 is 0.905 bits per heavy atom. The molecular formula is C31H48ClNO5S2Si2. The van der Waals surface area contributed by atoms with Gasteiger partial charge in [-0.25, -0.2) is 13.5 Å². The molecule has 0 amide bonds. The first-order valence-corrected chi connectivity index (χ1v) is 23.8. The van der Waals surface area contributed by atoms with Gasteiger partial charge >= 0.3 is 0 Å². The summed E-state index contributed by atoms with van der Waals surface area (Å²) in [6.45, 7) is 23.3. The van der Waals surface area contributed by atoms with Crippen molar-refractivity contribution < 1.29 is 22.1 Å². The zero-order valence-electron chi connectivity index (χ0n) is 26.8. The van der Waals surface area contributed by atoms with Crippen LogP contribution in [0.4, 0.5) is 0 Å². The fourth-order valence-electron chi connectivity index (χ4n) is 4.96. The van der Waals surface area contributed by atoms with Crippen LogP contribution in [0.15, 0.2) is 40.6 Å². The molecule has 0 unspecified atom stereocenters. The Bertz CT molecular complexity index is 1420. The molecule has 2 heterocycles. The number of rotatable bonds is 8. The van der Waals surface area contributed by atoms with Gasteiger partial charge in [0, 0.05) is 16.7 Å². The molecule has 2 aliphatic rings. The van der Waals surface area contributed by atoms with E-state index >= 15 is 0 Å². The molecule has 11 heteroatoms. The summed E-state index contributed by atoms with van der Waals surface area (Å²) in [5.41, 5.74) is 2.21. The average molecular weight is 670 g/mol. The maximum Gasteiger partial charge on any atom is 0.270 e. The molecular weight excluding hydrogens is 622 g/mol. The number of halogens is 1. The maximum absolute atomic E-state index is 11.8. The third-order valence-corrected chi connectivity index (χ3v) is 21.5. The maximum atomic E-state index is 11.8. The number of thiophene rings is 1. The highest BCUT2D eigenvalue weighted by atomic mass is 35.7. The first-order chi connectivity index (χ1) is 19.2. The van der Waals surface area contributed by atoms with Crippen molar-refractivity contribution in [3.8, 4) is 11.5 Å². The summed E-state index contributed by atoms with van der Waals surface area (Å²) in [7, 11) is -2.25. The Hall–Kier alpha value is -1.31. The molecule has 1 aliphatic carbocycles. The molecule has 2 aromatic rings. The lowest BCUT2D eigenvalue weighted by Gasteiger charge is -2.40. The van der Waals surface area contributed by atoms with Crippen LogP contribution in [-0.2, 0) is 13.9 Å². The predicted molar refractivity (Wildman–Crippen MR) is 180 cm³/mol. The smallest absolute Gasteiger partial charge is 0.270 e. The number of hydroxylamine groups is 2. The molecule has 234 valence electrons. The molecule has 0 N–H and O–H groups in total. The van der Waals surface area contributed by atoms with Gasteiger partial charge in [-0.2, -0.15) is 0 Å². The molecule has 0 bridgehead atoms. The van der Waals surface area contributed by atoms with Crippen LogP contribution >= 0.6 is 22.0 Å². The average Bonchev–Trinajstić information content (AvgIpc) is 3.52. The highest BCUT2D eigenvalue weighted by Gasteiger charge is 2.42. The fraction of sp³-hybridized carbons (Fsp3) is 0.613. The highest BCUT2D eigenvalue weighted by molar-refractivity contribution is 8.15. The normalized spacial score (nSPS) is 20.9. The van der Waals surface area contributed by atoms with Crippen molar-refractivity contribution in [1.29, 1.82) is 0 Å². The Kier molecular flexibility index (Phi) is 9.51. The summed E-state index contributed by atoms with van der Waals surface area (Å²) in [6.07, 6.45) is 5.99. The Morgan fingerprint density at radius 3 is 2.05 bits per heavy atom. The van der Waals surface area contributed by atoms with Gasteiger partial charge in [0.05, 0.1) is 23.2 Å². The van der Waals surface area contributed by atoms with Crippen molar-refractivity contribution in [3.05, 3.63) is 46.8 Å².